The average Bonchev–Trinajstić information content (AvgIpc) is 2.67. The molecule has 1 atom stereocenters. The van der Waals surface area contributed by atoms with Gasteiger partial charge in [0.05, 0.1) is 5.92 Å². The summed E-state index contributed by atoms with van der Waals surface area (Å²) in [4.78, 5) is 14.8. The minimum Gasteiger partial charge on any atom is -0.520 e. The van der Waals surface area contributed by atoms with Crippen molar-refractivity contribution in [2.24, 2.45) is 5.92 Å². The molecule has 0 aromatic heterocycles. The lowest BCUT2D eigenvalue weighted by atomic mass is 10.1. The summed E-state index contributed by atoms with van der Waals surface area (Å²) in [7, 11) is -4.57. The lowest BCUT2D eigenvalue weighted by Gasteiger charge is -2.31. The Hall–Kier alpha value is -1.20. The van der Waals surface area contributed by atoms with Gasteiger partial charge >= 0.3 is 8.80 Å². The van der Waals surface area contributed by atoms with E-state index in [1.807, 2.05) is 65.5 Å². The molecule has 0 saturated carbocycles. The summed E-state index contributed by atoms with van der Waals surface area (Å²) in [5.74, 6) is -0.318. The highest BCUT2D eigenvalue weighted by Crippen LogP contribution is 2.22. The standard InChI is InChI=1S/C22H41NO5Si2/c1-8-25-30(26-9-2,27-10-3)18-14-17-23(21-15-12-11-13-16-21)19-20(4)22(24)28-29(5,6)7/h11-13,15-16,20H,8-10,14,17-19H2,1-7H3. The molecule has 0 spiro atoms. The zero-order valence-corrected chi connectivity index (χ0v) is 21.9. The molecule has 0 amide bonds. The molecule has 0 saturated heterocycles. The van der Waals surface area contributed by atoms with Crippen molar-refractivity contribution < 1.29 is 22.5 Å². The van der Waals surface area contributed by atoms with Crippen LogP contribution in [-0.4, -0.2) is 56.0 Å². The van der Waals surface area contributed by atoms with Crippen molar-refractivity contribution in [3.63, 3.8) is 0 Å². The third kappa shape index (κ3) is 9.74. The molecule has 0 heterocycles. The van der Waals surface area contributed by atoms with Crippen LogP contribution >= 0.6 is 0 Å². The Morgan fingerprint density at radius 1 is 0.967 bits per heavy atom. The Morgan fingerprint density at radius 2 is 1.50 bits per heavy atom. The highest BCUT2D eigenvalue weighted by atomic mass is 28.4. The van der Waals surface area contributed by atoms with E-state index < -0.39 is 17.1 Å². The number of anilines is 1. The predicted octanol–water partition coefficient (Wildman–Crippen LogP) is 4.95. The maximum absolute atomic E-state index is 12.5. The third-order valence-electron chi connectivity index (χ3n) is 4.43. The minimum absolute atomic E-state index is 0.114. The number of rotatable bonds is 15. The topological polar surface area (TPSA) is 57.2 Å². The van der Waals surface area contributed by atoms with Crippen LogP contribution in [0.15, 0.2) is 30.3 Å². The molecule has 0 radical (unpaired) electrons. The van der Waals surface area contributed by atoms with Crippen molar-refractivity contribution in [1.29, 1.82) is 0 Å². The fourth-order valence-corrected chi connectivity index (χ4v) is 6.66. The normalized spacial score (nSPS) is 13.2. The lowest BCUT2D eigenvalue weighted by molar-refractivity contribution is -0.138. The van der Waals surface area contributed by atoms with E-state index in [4.69, 9.17) is 17.7 Å². The predicted molar refractivity (Wildman–Crippen MR) is 127 cm³/mol. The summed E-state index contributed by atoms with van der Waals surface area (Å²) in [6.07, 6.45) is 0.858. The third-order valence-corrected chi connectivity index (χ3v) is 8.39. The molecule has 0 bridgehead atoms. The average molecular weight is 456 g/mol. The number of hydrogen-bond acceptors (Lipinski definition) is 6. The summed E-state index contributed by atoms with van der Waals surface area (Å²) >= 11 is 0. The molecule has 1 unspecified atom stereocenters. The second-order valence-electron chi connectivity index (χ2n) is 8.30. The minimum atomic E-state index is -2.67. The zero-order chi connectivity index (χ0) is 22.6. The van der Waals surface area contributed by atoms with Gasteiger partial charge in [0.25, 0.3) is 5.97 Å². The Morgan fingerprint density at radius 3 is 1.97 bits per heavy atom. The SMILES string of the molecule is CCO[Si](CCCN(CC(C)C(=O)O[Si](C)(C)C)c1ccccc1)(OCC)OCC. The van der Waals surface area contributed by atoms with Crippen molar-refractivity contribution >= 4 is 28.8 Å². The molecule has 8 heteroatoms. The quantitative estimate of drug-likeness (QED) is 0.349. The summed E-state index contributed by atoms with van der Waals surface area (Å²) in [6.45, 7) is 17.1. The number of benzene rings is 1. The van der Waals surface area contributed by atoms with E-state index in [1.165, 1.54) is 0 Å². The molecule has 0 aliphatic carbocycles. The lowest BCUT2D eigenvalue weighted by Crippen LogP contribution is -2.46. The van der Waals surface area contributed by atoms with E-state index >= 15 is 0 Å². The Balaban J connectivity index is 2.85. The van der Waals surface area contributed by atoms with Gasteiger partial charge in [-0.05, 0) is 59.0 Å². The Bertz CT molecular complexity index is 592. The summed E-state index contributed by atoms with van der Waals surface area (Å²) in [5, 5.41) is 0. The van der Waals surface area contributed by atoms with E-state index in [0.717, 1.165) is 24.7 Å². The Kier molecular flexibility index (Phi) is 11.9. The highest BCUT2D eigenvalue weighted by Gasteiger charge is 2.39. The highest BCUT2D eigenvalue weighted by molar-refractivity contribution is 6.71. The van der Waals surface area contributed by atoms with Gasteiger partial charge in [0.2, 0.25) is 8.32 Å². The number of hydrogen-bond donors (Lipinski definition) is 0. The molecule has 6 nitrogen and oxygen atoms in total. The van der Waals surface area contributed by atoms with Crippen molar-refractivity contribution in [2.75, 3.05) is 37.8 Å². The largest absolute Gasteiger partial charge is 0.520 e. The van der Waals surface area contributed by atoms with Crippen LogP contribution in [0.3, 0.4) is 0 Å². The number of carbonyl (C=O) groups is 1. The first kappa shape index (κ1) is 26.8. The van der Waals surface area contributed by atoms with Crippen molar-refractivity contribution in [3.05, 3.63) is 30.3 Å². The van der Waals surface area contributed by atoms with Gasteiger partial charge in [0.1, 0.15) is 0 Å². The van der Waals surface area contributed by atoms with Gasteiger partial charge < -0.3 is 22.6 Å². The van der Waals surface area contributed by atoms with Gasteiger partial charge in [-0.2, -0.15) is 0 Å². The van der Waals surface area contributed by atoms with Crippen molar-refractivity contribution in [1.82, 2.24) is 0 Å². The molecule has 0 aliphatic rings. The molecule has 1 aromatic rings. The first-order valence-corrected chi connectivity index (χ1v) is 16.4. The van der Waals surface area contributed by atoms with Gasteiger partial charge in [-0.15, -0.1) is 0 Å². The second-order valence-corrected chi connectivity index (χ2v) is 15.5. The molecule has 172 valence electrons. The van der Waals surface area contributed by atoms with Crippen LogP contribution in [0, 0.1) is 5.92 Å². The molecular formula is C22H41NO5Si2. The first-order valence-electron chi connectivity index (χ1n) is 11.1. The van der Waals surface area contributed by atoms with Gasteiger partial charge in [-0.25, -0.2) is 0 Å². The van der Waals surface area contributed by atoms with Crippen LogP contribution in [0.4, 0.5) is 5.69 Å². The second kappa shape index (κ2) is 13.3. The molecule has 1 aromatic carbocycles. The van der Waals surface area contributed by atoms with E-state index in [9.17, 15) is 4.79 Å². The van der Waals surface area contributed by atoms with E-state index in [0.29, 0.717) is 26.4 Å². The van der Waals surface area contributed by atoms with Gasteiger partial charge in [0.15, 0.2) is 0 Å². The summed E-state index contributed by atoms with van der Waals surface area (Å²) < 4.78 is 23.6. The Labute approximate surface area is 185 Å². The molecule has 0 aliphatic heterocycles. The van der Waals surface area contributed by atoms with Gasteiger partial charge in [-0.1, -0.05) is 25.1 Å². The molecule has 0 fully saturated rings. The zero-order valence-electron chi connectivity index (χ0n) is 19.9. The maximum atomic E-state index is 12.5. The number of nitrogens with zero attached hydrogens (tertiary/aromatic N) is 1. The van der Waals surface area contributed by atoms with E-state index in [2.05, 4.69) is 17.0 Å². The first-order chi connectivity index (χ1) is 14.2. The maximum Gasteiger partial charge on any atom is 0.500 e. The monoisotopic (exact) mass is 455 g/mol. The van der Waals surface area contributed by atoms with E-state index in [-0.39, 0.29) is 11.9 Å². The van der Waals surface area contributed by atoms with Gasteiger partial charge in [0, 0.05) is 44.6 Å². The van der Waals surface area contributed by atoms with Crippen LogP contribution in [0.25, 0.3) is 0 Å². The van der Waals surface area contributed by atoms with E-state index in [1.54, 1.807) is 0 Å². The fourth-order valence-electron chi connectivity index (χ4n) is 3.26. The van der Waals surface area contributed by atoms with Crippen LogP contribution in [0.1, 0.15) is 34.1 Å². The van der Waals surface area contributed by atoms with Crippen LogP contribution < -0.4 is 4.90 Å². The van der Waals surface area contributed by atoms with Crippen molar-refractivity contribution in [2.45, 2.75) is 59.8 Å². The molecule has 0 N–H and O–H groups in total. The van der Waals surface area contributed by atoms with Gasteiger partial charge in [-0.3, -0.25) is 4.79 Å². The number of para-hydroxylation sites is 1. The summed E-state index contributed by atoms with van der Waals surface area (Å²) in [6, 6.07) is 10.9. The van der Waals surface area contributed by atoms with Crippen molar-refractivity contribution in [3.8, 4) is 0 Å². The summed E-state index contributed by atoms with van der Waals surface area (Å²) in [5.41, 5.74) is 1.10. The molecule has 1 rings (SSSR count). The molecular weight excluding hydrogens is 414 g/mol. The fraction of sp³-hybridized carbons (Fsp3) is 0.682. The number of carbonyl (C=O) groups excluding carboxylic acids is 1. The van der Waals surface area contributed by atoms with Crippen LogP contribution in [-0.2, 0) is 22.5 Å². The van der Waals surface area contributed by atoms with Crippen LogP contribution in [0.5, 0.6) is 0 Å². The smallest absolute Gasteiger partial charge is 0.500 e. The molecule has 30 heavy (non-hydrogen) atoms. The van der Waals surface area contributed by atoms with Crippen LogP contribution in [0.2, 0.25) is 25.7 Å².